The van der Waals surface area contributed by atoms with Crippen LogP contribution in [0.3, 0.4) is 0 Å². The summed E-state index contributed by atoms with van der Waals surface area (Å²) < 4.78 is 36.2. The van der Waals surface area contributed by atoms with E-state index in [0.717, 1.165) is 16.2 Å². The smallest absolute Gasteiger partial charge is 0.332 e. The molecular formula is C12H17N5O6S2. The Labute approximate surface area is 148 Å². The lowest BCUT2D eigenvalue weighted by Crippen LogP contribution is -2.29. The molecule has 0 fully saturated rings. The third kappa shape index (κ3) is 4.79. The molecule has 0 radical (unpaired) electrons. The van der Waals surface area contributed by atoms with Crippen LogP contribution < -0.4 is 4.84 Å². The van der Waals surface area contributed by atoms with Gasteiger partial charge < -0.3 is 14.3 Å². The summed E-state index contributed by atoms with van der Waals surface area (Å²) in [5, 5.41) is 10.7. The molecule has 0 aromatic carbocycles. The number of methoxy groups -OCH3 is 1. The number of aromatic nitrogens is 4. The molecule has 0 bridgehead atoms. The summed E-state index contributed by atoms with van der Waals surface area (Å²) in [6.45, 7) is 1.67. The van der Waals surface area contributed by atoms with Crippen molar-refractivity contribution in [2.45, 2.75) is 11.1 Å². The fourth-order valence-corrected chi connectivity index (χ4v) is 4.33. The summed E-state index contributed by atoms with van der Waals surface area (Å²) in [6.07, 6.45) is 0. The molecule has 0 aliphatic rings. The van der Waals surface area contributed by atoms with Crippen LogP contribution in [-0.2, 0) is 24.3 Å². The third-order valence-electron chi connectivity index (χ3n) is 2.87. The van der Waals surface area contributed by atoms with E-state index in [4.69, 9.17) is 14.3 Å². The largest absolute Gasteiger partial charge is 0.359 e. The predicted octanol–water partition coefficient (Wildman–Crippen LogP) is -0.382. The third-order valence-corrected chi connectivity index (χ3v) is 6.28. The van der Waals surface area contributed by atoms with Gasteiger partial charge in [0.05, 0.1) is 11.5 Å². The zero-order valence-corrected chi connectivity index (χ0v) is 15.4. The van der Waals surface area contributed by atoms with E-state index in [9.17, 15) is 13.2 Å². The van der Waals surface area contributed by atoms with E-state index in [1.807, 2.05) is 0 Å². The van der Waals surface area contributed by atoms with Crippen molar-refractivity contribution in [3.05, 3.63) is 12.1 Å². The van der Waals surface area contributed by atoms with Gasteiger partial charge in [0.2, 0.25) is 5.82 Å². The highest BCUT2D eigenvalue weighted by atomic mass is 32.2. The van der Waals surface area contributed by atoms with Gasteiger partial charge in [-0.1, -0.05) is 0 Å². The van der Waals surface area contributed by atoms with Crippen LogP contribution in [0.1, 0.15) is 6.92 Å². The van der Waals surface area contributed by atoms with Crippen molar-refractivity contribution in [1.29, 1.82) is 0 Å². The summed E-state index contributed by atoms with van der Waals surface area (Å²) in [4.78, 5) is 17.1. The monoisotopic (exact) mass is 391 g/mol. The average molecular weight is 391 g/mol. The first kappa shape index (κ1) is 19.4. The van der Waals surface area contributed by atoms with Gasteiger partial charge in [-0.25, -0.2) is 13.2 Å². The van der Waals surface area contributed by atoms with Gasteiger partial charge in [0, 0.05) is 27.6 Å². The van der Waals surface area contributed by atoms with E-state index in [1.54, 1.807) is 6.07 Å². The molecule has 25 heavy (non-hydrogen) atoms. The lowest BCUT2D eigenvalue weighted by Gasteiger charge is -2.15. The number of sulfonamides is 1. The molecule has 0 N–H and O–H groups in total. The van der Waals surface area contributed by atoms with E-state index in [0.29, 0.717) is 4.88 Å². The molecule has 0 atom stereocenters. The van der Waals surface area contributed by atoms with Crippen molar-refractivity contribution in [2.24, 2.45) is 0 Å². The Hall–Kier alpha value is -1.93. The molecule has 0 aliphatic carbocycles. The Morgan fingerprint density at radius 2 is 2.16 bits per heavy atom. The highest BCUT2D eigenvalue weighted by molar-refractivity contribution is 7.91. The van der Waals surface area contributed by atoms with E-state index in [2.05, 4.69) is 15.5 Å². The topological polar surface area (TPSA) is 126 Å². The van der Waals surface area contributed by atoms with E-state index < -0.39 is 16.0 Å². The maximum atomic E-state index is 12.5. The quantitative estimate of drug-likeness (QED) is 0.319. The second kappa shape index (κ2) is 8.44. The molecule has 2 aromatic heterocycles. The maximum Gasteiger partial charge on any atom is 0.332 e. The van der Waals surface area contributed by atoms with Crippen LogP contribution in [-0.4, -0.2) is 73.2 Å². The van der Waals surface area contributed by atoms with Gasteiger partial charge in [0.15, 0.2) is 0 Å². The van der Waals surface area contributed by atoms with Crippen LogP contribution in [0.4, 0.5) is 0 Å². The highest BCUT2D eigenvalue weighted by Gasteiger charge is 2.24. The van der Waals surface area contributed by atoms with E-state index in [-0.39, 0.29) is 30.0 Å². The predicted molar refractivity (Wildman–Crippen MR) is 86.0 cm³/mol. The number of nitrogens with zero attached hydrogens (tertiary/aromatic N) is 5. The SMILES string of the molecule is COCOCCN(C)S(=O)(=O)c1ccc(-c2nnnn2OC(C)=O)s1. The molecular weight excluding hydrogens is 374 g/mol. The van der Waals surface area contributed by atoms with Crippen LogP contribution in [0, 0.1) is 0 Å². The fourth-order valence-electron chi connectivity index (χ4n) is 1.69. The maximum absolute atomic E-state index is 12.5. The van der Waals surface area contributed by atoms with Gasteiger partial charge in [-0.3, -0.25) is 0 Å². The van der Waals surface area contributed by atoms with Crippen molar-refractivity contribution in [3.63, 3.8) is 0 Å². The summed E-state index contributed by atoms with van der Waals surface area (Å²) in [5.41, 5.74) is 0. The second-order valence-corrected chi connectivity index (χ2v) is 8.07. The van der Waals surface area contributed by atoms with E-state index in [1.165, 1.54) is 31.5 Å². The second-order valence-electron chi connectivity index (χ2n) is 4.72. The Kier molecular flexibility index (Phi) is 6.55. The number of likely N-dealkylation sites (N-methyl/N-ethyl adjacent to an activating group) is 1. The van der Waals surface area contributed by atoms with Gasteiger partial charge >= 0.3 is 5.97 Å². The fraction of sp³-hybridized carbons (Fsp3) is 0.500. The van der Waals surface area contributed by atoms with Crippen molar-refractivity contribution in [1.82, 2.24) is 24.7 Å². The Morgan fingerprint density at radius 1 is 1.40 bits per heavy atom. The molecule has 0 unspecified atom stereocenters. The van der Waals surface area contributed by atoms with Crippen LogP contribution >= 0.6 is 11.3 Å². The van der Waals surface area contributed by atoms with Crippen molar-refractivity contribution in [3.8, 4) is 10.7 Å². The molecule has 0 saturated carbocycles. The standard InChI is InChI=1S/C12H17N5O6S2/c1-9(18)23-17-12(13-14-15-17)10-4-5-11(24-10)25(19,20)16(2)6-7-22-8-21-3/h4-5H,6-8H2,1-3H3. The number of thiophene rings is 1. The number of ether oxygens (including phenoxy) is 2. The Morgan fingerprint density at radius 3 is 2.84 bits per heavy atom. The number of hydrogen-bond donors (Lipinski definition) is 0. The molecule has 2 rings (SSSR count). The highest BCUT2D eigenvalue weighted by Crippen LogP contribution is 2.30. The molecule has 0 saturated heterocycles. The van der Waals surface area contributed by atoms with Gasteiger partial charge in [-0.05, 0) is 27.4 Å². The van der Waals surface area contributed by atoms with Crippen LogP contribution in [0.25, 0.3) is 10.7 Å². The summed E-state index contributed by atoms with van der Waals surface area (Å²) in [7, 11) is -0.751. The summed E-state index contributed by atoms with van der Waals surface area (Å²) in [6, 6.07) is 2.98. The molecule has 0 amide bonds. The first-order valence-corrected chi connectivity index (χ1v) is 9.22. The van der Waals surface area contributed by atoms with Crippen molar-refractivity contribution in [2.75, 3.05) is 34.1 Å². The molecule has 2 aromatic rings. The summed E-state index contributed by atoms with van der Waals surface area (Å²) >= 11 is 0.961. The zero-order chi connectivity index (χ0) is 18.4. The molecule has 11 nitrogen and oxygen atoms in total. The minimum Gasteiger partial charge on any atom is -0.359 e. The van der Waals surface area contributed by atoms with Gasteiger partial charge in [0.25, 0.3) is 10.0 Å². The number of hydrogen-bond acceptors (Lipinski definition) is 10. The van der Waals surface area contributed by atoms with Crippen LogP contribution in [0.5, 0.6) is 0 Å². The number of rotatable bonds is 9. The average Bonchev–Trinajstić information content (AvgIpc) is 3.19. The molecule has 138 valence electrons. The number of carbonyl (C=O) groups excluding carboxylic acids is 1. The molecule has 13 heteroatoms. The van der Waals surface area contributed by atoms with Crippen molar-refractivity contribution >= 4 is 27.3 Å². The normalized spacial score (nSPS) is 11.8. The lowest BCUT2D eigenvalue weighted by atomic mass is 10.4. The lowest BCUT2D eigenvalue weighted by molar-refractivity contribution is -0.143. The molecule has 2 heterocycles. The van der Waals surface area contributed by atoms with Crippen LogP contribution in [0.2, 0.25) is 0 Å². The first-order chi connectivity index (χ1) is 11.9. The van der Waals surface area contributed by atoms with Gasteiger partial charge in [0.1, 0.15) is 11.0 Å². The van der Waals surface area contributed by atoms with Crippen LogP contribution in [0.15, 0.2) is 16.3 Å². The molecule has 0 spiro atoms. The minimum atomic E-state index is -3.69. The zero-order valence-electron chi connectivity index (χ0n) is 13.8. The number of carbonyl (C=O) groups is 1. The first-order valence-electron chi connectivity index (χ1n) is 6.96. The minimum absolute atomic E-state index is 0.0931. The molecule has 0 aliphatic heterocycles. The van der Waals surface area contributed by atoms with Gasteiger partial charge in [-0.15, -0.1) is 16.4 Å². The van der Waals surface area contributed by atoms with E-state index >= 15 is 0 Å². The summed E-state index contributed by atoms with van der Waals surface area (Å²) in [5.74, 6) is -0.471. The van der Waals surface area contributed by atoms with Gasteiger partial charge in [-0.2, -0.15) is 4.31 Å². The number of tetrazole rings is 1. The Balaban J connectivity index is 2.14. The Bertz CT molecular complexity index is 818. The van der Waals surface area contributed by atoms with Crippen molar-refractivity contribution < 1.29 is 27.5 Å².